The van der Waals surface area contributed by atoms with E-state index in [0.717, 1.165) is 17.7 Å². The van der Waals surface area contributed by atoms with E-state index in [9.17, 15) is 13.9 Å². The number of phenols is 1. The molecule has 0 bridgehead atoms. The van der Waals surface area contributed by atoms with Crippen LogP contribution in [0.25, 0.3) is 22.4 Å². The highest BCUT2D eigenvalue weighted by Crippen LogP contribution is 2.26. The van der Waals surface area contributed by atoms with Crippen LogP contribution < -0.4 is 0 Å². The molecule has 0 fully saturated rings. The molecule has 3 rings (SSSR count). The fourth-order valence-electron chi connectivity index (χ4n) is 1.90. The number of benzene rings is 2. The number of aromatic nitrogens is 2. The minimum atomic E-state index is -0.933. The van der Waals surface area contributed by atoms with Crippen LogP contribution in [0.4, 0.5) is 8.78 Å². The molecular formula is C14H10F2N2O. The van der Waals surface area contributed by atoms with Crippen molar-refractivity contribution in [1.29, 1.82) is 0 Å². The molecule has 96 valence electrons. The molecule has 0 spiro atoms. The lowest BCUT2D eigenvalue weighted by atomic mass is 10.1. The molecule has 19 heavy (non-hydrogen) atoms. The summed E-state index contributed by atoms with van der Waals surface area (Å²) >= 11 is 0. The maximum Gasteiger partial charge on any atom is 0.161 e. The maximum atomic E-state index is 13.1. The van der Waals surface area contributed by atoms with Gasteiger partial charge in [-0.05, 0) is 18.6 Å². The minimum Gasteiger partial charge on any atom is -0.508 e. The van der Waals surface area contributed by atoms with E-state index in [1.54, 1.807) is 25.1 Å². The number of hydrogen-bond acceptors (Lipinski definition) is 2. The van der Waals surface area contributed by atoms with Gasteiger partial charge in [0.15, 0.2) is 11.6 Å². The lowest BCUT2D eigenvalue weighted by Crippen LogP contribution is -1.82. The number of fused-ring (bicyclic) bond motifs is 1. The smallest absolute Gasteiger partial charge is 0.161 e. The Kier molecular flexibility index (Phi) is 2.48. The zero-order chi connectivity index (χ0) is 13.6. The summed E-state index contributed by atoms with van der Waals surface area (Å²) in [7, 11) is 0. The summed E-state index contributed by atoms with van der Waals surface area (Å²) in [6, 6.07) is 7.19. The molecule has 2 aromatic carbocycles. The summed E-state index contributed by atoms with van der Waals surface area (Å²) in [5.41, 5.74) is 2.15. The summed E-state index contributed by atoms with van der Waals surface area (Å²) in [6.07, 6.45) is 0. The van der Waals surface area contributed by atoms with Crippen LogP contribution in [0.3, 0.4) is 0 Å². The van der Waals surface area contributed by atoms with Crippen molar-refractivity contribution in [3.8, 4) is 17.1 Å². The Morgan fingerprint density at radius 1 is 1.11 bits per heavy atom. The van der Waals surface area contributed by atoms with Crippen molar-refractivity contribution in [2.45, 2.75) is 6.92 Å². The molecule has 3 nitrogen and oxygen atoms in total. The largest absolute Gasteiger partial charge is 0.508 e. The van der Waals surface area contributed by atoms with E-state index in [2.05, 4.69) is 9.97 Å². The predicted molar refractivity (Wildman–Crippen MR) is 67.8 cm³/mol. The highest BCUT2D eigenvalue weighted by atomic mass is 19.2. The van der Waals surface area contributed by atoms with Gasteiger partial charge in [0, 0.05) is 17.7 Å². The molecule has 2 N–H and O–H groups in total. The molecule has 0 atom stereocenters. The number of halogens is 2. The van der Waals surface area contributed by atoms with Crippen LogP contribution >= 0.6 is 0 Å². The van der Waals surface area contributed by atoms with Crippen LogP contribution in [-0.4, -0.2) is 15.1 Å². The second-order valence-corrected chi connectivity index (χ2v) is 4.37. The summed E-state index contributed by atoms with van der Waals surface area (Å²) in [5, 5.41) is 9.66. The molecule has 0 aliphatic rings. The standard InChI is InChI=1S/C14H10F2N2O/c1-7-2-3-8(4-13(7)19)14-17-11-5-9(15)10(16)6-12(11)18-14/h2-6,19H,1H3,(H,17,18). The molecular weight excluding hydrogens is 250 g/mol. The number of hydrogen-bond donors (Lipinski definition) is 2. The van der Waals surface area contributed by atoms with Crippen molar-refractivity contribution in [3.63, 3.8) is 0 Å². The molecule has 1 aromatic heterocycles. The number of aromatic amines is 1. The van der Waals surface area contributed by atoms with Gasteiger partial charge in [-0.25, -0.2) is 13.8 Å². The van der Waals surface area contributed by atoms with E-state index in [1.165, 1.54) is 0 Å². The third kappa shape index (κ3) is 1.93. The van der Waals surface area contributed by atoms with Gasteiger partial charge in [-0.2, -0.15) is 0 Å². The Labute approximate surface area is 107 Å². The summed E-state index contributed by atoms with van der Waals surface area (Å²) < 4.78 is 26.2. The number of phenolic OH excluding ortho intramolecular Hbond substituents is 1. The molecule has 3 aromatic rings. The van der Waals surface area contributed by atoms with E-state index in [0.29, 0.717) is 22.4 Å². The molecule has 0 aliphatic heterocycles. The van der Waals surface area contributed by atoms with Gasteiger partial charge in [0.2, 0.25) is 0 Å². The maximum absolute atomic E-state index is 13.1. The summed E-state index contributed by atoms with van der Waals surface area (Å²) in [6.45, 7) is 1.78. The molecule has 0 aliphatic carbocycles. The number of nitrogens with zero attached hydrogens (tertiary/aromatic N) is 1. The molecule has 0 radical (unpaired) electrons. The van der Waals surface area contributed by atoms with Crippen LogP contribution in [0.5, 0.6) is 5.75 Å². The van der Waals surface area contributed by atoms with Gasteiger partial charge in [0.25, 0.3) is 0 Å². The van der Waals surface area contributed by atoms with E-state index < -0.39 is 11.6 Å². The second-order valence-electron chi connectivity index (χ2n) is 4.37. The lowest BCUT2D eigenvalue weighted by Gasteiger charge is -2.00. The molecule has 0 saturated heterocycles. The van der Waals surface area contributed by atoms with Crippen molar-refractivity contribution in [3.05, 3.63) is 47.5 Å². The van der Waals surface area contributed by atoms with E-state index in [-0.39, 0.29) is 5.75 Å². The number of imidazole rings is 1. The monoisotopic (exact) mass is 260 g/mol. The second kappa shape index (κ2) is 4.05. The average molecular weight is 260 g/mol. The van der Waals surface area contributed by atoms with Crippen LogP contribution in [0, 0.1) is 18.6 Å². The number of aromatic hydroxyl groups is 1. The predicted octanol–water partition coefficient (Wildman–Crippen LogP) is 3.52. The zero-order valence-corrected chi connectivity index (χ0v) is 10.0. The lowest BCUT2D eigenvalue weighted by molar-refractivity contribution is 0.471. The van der Waals surface area contributed by atoms with Crippen molar-refractivity contribution >= 4 is 11.0 Å². The van der Waals surface area contributed by atoms with Crippen LogP contribution in [0.2, 0.25) is 0 Å². The molecule has 0 amide bonds. The molecule has 1 heterocycles. The van der Waals surface area contributed by atoms with Crippen molar-refractivity contribution < 1.29 is 13.9 Å². The Bertz CT molecular complexity index is 741. The van der Waals surface area contributed by atoms with E-state index in [1.807, 2.05) is 0 Å². The zero-order valence-electron chi connectivity index (χ0n) is 10.0. The first-order chi connectivity index (χ1) is 9.04. The van der Waals surface area contributed by atoms with Gasteiger partial charge in [0.1, 0.15) is 11.6 Å². The minimum absolute atomic E-state index is 0.148. The normalized spacial score (nSPS) is 11.1. The van der Waals surface area contributed by atoms with Crippen LogP contribution in [-0.2, 0) is 0 Å². The van der Waals surface area contributed by atoms with Gasteiger partial charge < -0.3 is 10.1 Å². The van der Waals surface area contributed by atoms with Crippen molar-refractivity contribution in [1.82, 2.24) is 9.97 Å². The fourth-order valence-corrected chi connectivity index (χ4v) is 1.90. The highest BCUT2D eigenvalue weighted by Gasteiger charge is 2.10. The topological polar surface area (TPSA) is 48.9 Å². The number of aryl methyl sites for hydroxylation is 1. The first-order valence-corrected chi connectivity index (χ1v) is 5.69. The van der Waals surface area contributed by atoms with Crippen molar-refractivity contribution in [2.24, 2.45) is 0 Å². The molecule has 0 unspecified atom stereocenters. The van der Waals surface area contributed by atoms with Gasteiger partial charge >= 0.3 is 0 Å². The Balaban J connectivity index is 2.17. The van der Waals surface area contributed by atoms with Gasteiger partial charge in [-0.15, -0.1) is 0 Å². The summed E-state index contributed by atoms with van der Waals surface area (Å²) in [4.78, 5) is 7.08. The number of nitrogens with one attached hydrogen (secondary N) is 1. The number of rotatable bonds is 1. The van der Waals surface area contributed by atoms with Crippen molar-refractivity contribution in [2.75, 3.05) is 0 Å². The third-order valence-corrected chi connectivity index (χ3v) is 3.01. The molecule has 0 saturated carbocycles. The molecule has 5 heteroatoms. The Morgan fingerprint density at radius 3 is 2.58 bits per heavy atom. The van der Waals surface area contributed by atoms with E-state index in [4.69, 9.17) is 0 Å². The quantitative estimate of drug-likeness (QED) is 0.703. The van der Waals surface area contributed by atoms with Gasteiger partial charge in [0.05, 0.1) is 11.0 Å². The third-order valence-electron chi connectivity index (χ3n) is 3.01. The fraction of sp³-hybridized carbons (Fsp3) is 0.0714. The Hall–Kier alpha value is -2.43. The van der Waals surface area contributed by atoms with Gasteiger partial charge in [-0.1, -0.05) is 12.1 Å². The Morgan fingerprint density at radius 2 is 1.84 bits per heavy atom. The summed E-state index contributed by atoms with van der Waals surface area (Å²) in [5.74, 6) is -1.25. The van der Waals surface area contributed by atoms with Gasteiger partial charge in [-0.3, -0.25) is 0 Å². The number of H-pyrrole nitrogens is 1. The SMILES string of the molecule is Cc1ccc(-c2nc3cc(F)c(F)cc3[nH]2)cc1O. The first kappa shape index (κ1) is 11.6. The highest BCUT2D eigenvalue weighted by molar-refractivity contribution is 5.79. The van der Waals surface area contributed by atoms with Crippen LogP contribution in [0.1, 0.15) is 5.56 Å². The van der Waals surface area contributed by atoms with Crippen LogP contribution in [0.15, 0.2) is 30.3 Å². The first-order valence-electron chi connectivity index (χ1n) is 5.69. The van der Waals surface area contributed by atoms with E-state index >= 15 is 0 Å². The average Bonchev–Trinajstić information content (AvgIpc) is 2.76.